The molecule has 0 saturated carbocycles. The number of nitrogens with zero attached hydrogens (tertiary/aromatic N) is 3. The third kappa shape index (κ3) is 3.48. The highest BCUT2D eigenvalue weighted by atomic mass is 16.5. The van der Waals surface area contributed by atoms with Gasteiger partial charge in [0.15, 0.2) is 0 Å². The van der Waals surface area contributed by atoms with E-state index in [9.17, 15) is 5.11 Å². The first-order valence-electron chi connectivity index (χ1n) is 11.5. The van der Waals surface area contributed by atoms with Crippen molar-refractivity contribution in [2.24, 2.45) is 11.8 Å². The van der Waals surface area contributed by atoms with E-state index >= 15 is 0 Å². The lowest BCUT2D eigenvalue weighted by Gasteiger charge is -2.50. The SMILES string of the molecule is C=C[C@H]1CN2CCC1C[C@H]2[C@H](O)c1cc(N2CCCCC2)nc2ccc(OC)cc12. The average Bonchev–Trinajstić information content (AvgIpc) is 2.83. The molecule has 30 heavy (non-hydrogen) atoms. The molecule has 0 amide bonds. The second-order valence-corrected chi connectivity index (χ2v) is 9.19. The van der Waals surface area contributed by atoms with Gasteiger partial charge in [-0.3, -0.25) is 4.90 Å². The smallest absolute Gasteiger partial charge is 0.129 e. The molecule has 2 aromatic rings. The first-order valence-corrected chi connectivity index (χ1v) is 11.5. The number of aliphatic hydroxyl groups is 1. The van der Waals surface area contributed by atoms with E-state index in [4.69, 9.17) is 9.72 Å². The molecule has 5 heteroatoms. The molecule has 1 aromatic carbocycles. The predicted octanol–water partition coefficient (Wildman–Crippen LogP) is 4.16. The van der Waals surface area contributed by atoms with E-state index in [2.05, 4.69) is 28.5 Å². The molecule has 160 valence electrons. The van der Waals surface area contributed by atoms with E-state index in [0.717, 1.165) is 60.6 Å². The molecular formula is C25H33N3O2. The average molecular weight is 408 g/mol. The van der Waals surface area contributed by atoms with Crippen molar-refractivity contribution in [2.75, 3.05) is 38.2 Å². The van der Waals surface area contributed by atoms with Crippen molar-refractivity contribution >= 4 is 16.7 Å². The molecule has 0 spiro atoms. The summed E-state index contributed by atoms with van der Waals surface area (Å²) < 4.78 is 5.49. The van der Waals surface area contributed by atoms with Crippen molar-refractivity contribution in [2.45, 2.75) is 44.2 Å². The number of pyridine rings is 1. The van der Waals surface area contributed by atoms with Gasteiger partial charge in [-0.1, -0.05) is 6.08 Å². The van der Waals surface area contributed by atoms with Crippen LogP contribution < -0.4 is 9.64 Å². The lowest BCUT2D eigenvalue weighted by atomic mass is 9.73. The summed E-state index contributed by atoms with van der Waals surface area (Å²) in [6.45, 7) is 8.21. The van der Waals surface area contributed by atoms with E-state index in [1.54, 1.807) is 7.11 Å². The lowest BCUT2D eigenvalue weighted by Crippen LogP contribution is -2.54. The molecule has 0 aliphatic carbocycles. The van der Waals surface area contributed by atoms with Crippen molar-refractivity contribution in [1.29, 1.82) is 0 Å². The van der Waals surface area contributed by atoms with Crippen LogP contribution in [-0.4, -0.2) is 54.3 Å². The Balaban J connectivity index is 1.55. The highest BCUT2D eigenvalue weighted by Gasteiger charge is 2.42. The molecule has 5 atom stereocenters. The first kappa shape index (κ1) is 19.8. The van der Waals surface area contributed by atoms with Crippen molar-refractivity contribution in [1.82, 2.24) is 9.88 Å². The summed E-state index contributed by atoms with van der Waals surface area (Å²) in [5.74, 6) is 3.00. The van der Waals surface area contributed by atoms with Gasteiger partial charge < -0.3 is 14.7 Å². The number of ether oxygens (including phenoxy) is 1. The molecule has 6 rings (SSSR count). The van der Waals surface area contributed by atoms with Crippen LogP contribution >= 0.6 is 0 Å². The summed E-state index contributed by atoms with van der Waals surface area (Å²) in [6.07, 6.45) is 7.54. The number of hydrogen-bond acceptors (Lipinski definition) is 5. The maximum Gasteiger partial charge on any atom is 0.129 e. The van der Waals surface area contributed by atoms with Crippen LogP contribution in [0.2, 0.25) is 0 Å². The summed E-state index contributed by atoms with van der Waals surface area (Å²) in [5, 5.41) is 12.7. The predicted molar refractivity (Wildman–Crippen MR) is 121 cm³/mol. The van der Waals surface area contributed by atoms with Gasteiger partial charge in [0, 0.05) is 31.1 Å². The fraction of sp³-hybridized carbons (Fsp3) is 0.560. The van der Waals surface area contributed by atoms with Gasteiger partial charge in [-0.25, -0.2) is 4.98 Å². The number of piperidine rings is 4. The Morgan fingerprint density at radius 2 is 2.03 bits per heavy atom. The second-order valence-electron chi connectivity index (χ2n) is 9.19. The second kappa shape index (κ2) is 8.20. The van der Waals surface area contributed by atoms with E-state index < -0.39 is 6.10 Å². The van der Waals surface area contributed by atoms with Crippen LogP contribution in [0, 0.1) is 11.8 Å². The van der Waals surface area contributed by atoms with Gasteiger partial charge in [0.2, 0.25) is 0 Å². The van der Waals surface area contributed by atoms with Crippen LogP contribution in [0.1, 0.15) is 43.8 Å². The maximum absolute atomic E-state index is 11.7. The molecule has 1 aromatic heterocycles. The monoisotopic (exact) mass is 407 g/mol. The first-order chi connectivity index (χ1) is 14.7. The number of hydrogen-bond donors (Lipinski definition) is 1. The molecule has 4 fully saturated rings. The molecule has 5 heterocycles. The van der Waals surface area contributed by atoms with Crippen molar-refractivity contribution < 1.29 is 9.84 Å². The van der Waals surface area contributed by atoms with E-state index in [0.29, 0.717) is 11.8 Å². The fourth-order valence-electron chi connectivity index (χ4n) is 5.79. The number of methoxy groups -OCH3 is 1. The van der Waals surface area contributed by atoms with Gasteiger partial charge in [-0.15, -0.1) is 6.58 Å². The minimum atomic E-state index is -0.528. The normalized spacial score (nSPS) is 29.7. The molecule has 4 aliphatic heterocycles. The topological polar surface area (TPSA) is 48.8 Å². The third-order valence-electron chi connectivity index (χ3n) is 7.55. The molecule has 2 bridgehead atoms. The number of anilines is 1. The Kier molecular flexibility index (Phi) is 5.42. The number of rotatable bonds is 5. The minimum Gasteiger partial charge on any atom is -0.497 e. The van der Waals surface area contributed by atoms with Crippen molar-refractivity contribution in [3.05, 3.63) is 42.5 Å². The van der Waals surface area contributed by atoms with Gasteiger partial charge in [-0.2, -0.15) is 0 Å². The Hall–Kier alpha value is -2.11. The Morgan fingerprint density at radius 1 is 1.20 bits per heavy atom. The van der Waals surface area contributed by atoms with Gasteiger partial charge in [0.1, 0.15) is 11.6 Å². The van der Waals surface area contributed by atoms with Gasteiger partial charge in [0.25, 0.3) is 0 Å². The molecule has 4 aliphatic rings. The van der Waals surface area contributed by atoms with Crippen molar-refractivity contribution in [3.8, 4) is 5.75 Å². The van der Waals surface area contributed by atoms with Gasteiger partial charge >= 0.3 is 0 Å². The molecule has 1 N–H and O–H groups in total. The summed E-state index contributed by atoms with van der Waals surface area (Å²) in [4.78, 5) is 9.82. The molecule has 5 nitrogen and oxygen atoms in total. The quantitative estimate of drug-likeness (QED) is 0.754. The largest absolute Gasteiger partial charge is 0.497 e. The molecular weight excluding hydrogens is 374 g/mol. The summed E-state index contributed by atoms with van der Waals surface area (Å²) >= 11 is 0. The van der Waals surface area contributed by atoms with Gasteiger partial charge in [-0.05, 0) is 80.3 Å². The summed E-state index contributed by atoms with van der Waals surface area (Å²) in [5.41, 5.74) is 1.93. The van der Waals surface area contributed by atoms with Crippen LogP contribution in [-0.2, 0) is 0 Å². The Morgan fingerprint density at radius 3 is 2.73 bits per heavy atom. The lowest BCUT2D eigenvalue weighted by molar-refractivity contribution is -0.0444. The van der Waals surface area contributed by atoms with Crippen molar-refractivity contribution in [3.63, 3.8) is 0 Å². The highest BCUT2D eigenvalue weighted by Crippen LogP contribution is 2.43. The Labute approximate surface area is 179 Å². The van der Waals surface area contributed by atoms with E-state index in [-0.39, 0.29) is 6.04 Å². The third-order valence-corrected chi connectivity index (χ3v) is 7.55. The van der Waals surface area contributed by atoms with E-state index in [1.807, 2.05) is 18.2 Å². The Bertz CT molecular complexity index is 924. The number of fused-ring (bicyclic) bond motifs is 4. The van der Waals surface area contributed by atoms with Crippen LogP contribution in [0.5, 0.6) is 5.75 Å². The highest BCUT2D eigenvalue weighted by molar-refractivity contribution is 5.86. The molecule has 4 saturated heterocycles. The zero-order valence-electron chi connectivity index (χ0n) is 18.0. The standard InChI is InChI=1S/C25H33N3O2/c1-3-17-16-28-12-9-18(17)13-23(28)25(29)21-15-24(27-10-5-4-6-11-27)26-22-8-7-19(30-2)14-20(21)22/h3,7-8,14-15,17-18,23,25,29H,1,4-6,9-13,16H2,2H3/t17-,18?,23-,25+/m0/s1. The fourth-order valence-corrected chi connectivity index (χ4v) is 5.79. The van der Waals surface area contributed by atoms with Crippen LogP contribution in [0.25, 0.3) is 10.9 Å². The molecule has 0 radical (unpaired) electrons. The zero-order chi connectivity index (χ0) is 20.7. The van der Waals surface area contributed by atoms with Gasteiger partial charge in [0.05, 0.1) is 18.7 Å². The number of benzene rings is 1. The summed E-state index contributed by atoms with van der Waals surface area (Å²) in [7, 11) is 1.69. The molecule has 2 unspecified atom stereocenters. The maximum atomic E-state index is 11.7. The van der Waals surface area contributed by atoms with Crippen LogP contribution in [0.4, 0.5) is 5.82 Å². The number of aromatic nitrogens is 1. The minimum absolute atomic E-state index is 0.158. The van der Waals surface area contributed by atoms with E-state index in [1.165, 1.54) is 25.7 Å². The number of aliphatic hydroxyl groups excluding tert-OH is 1. The van der Waals surface area contributed by atoms with Crippen LogP contribution in [0.15, 0.2) is 36.9 Å². The zero-order valence-corrected chi connectivity index (χ0v) is 18.0. The van der Waals surface area contributed by atoms with Crippen LogP contribution in [0.3, 0.4) is 0 Å². The summed E-state index contributed by atoms with van der Waals surface area (Å²) in [6, 6.07) is 8.33.